The number of aromatic nitrogens is 2. The van der Waals surface area contributed by atoms with Crippen LogP contribution in [0.5, 0.6) is 0 Å². The molecule has 8 nitrogen and oxygen atoms in total. The van der Waals surface area contributed by atoms with E-state index >= 15 is 0 Å². The first-order valence-corrected chi connectivity index (χ1v) is 10.3. The van der Waals surface area contributed by atoms with Gasteiger partial charge < -0.3 is 20.6 Å². The summed E-state index contributed by atoms with van der Waals surface area (Å²) in [5.41, 5.74) is 2.93. The highest BCUT2D eigenvalue weighted by molar-refractivity contribution is 5.99. The number of aliphatic hydroxyl groups is 1. The molecule has 3 amide bonds. The lowest BCUT2D eigenvalue weighted by atomic mass is 10.1. The van der Waals surface area contributed by atoms with Gasteiger partial charge in [-0.15, -0.1) is 0 Å². The Kier molecular flexibility index (Phi) is 5.91. The van der Waals surface area contributed by atoms with Crippen LogP contribution < -0.4 is 10.6 Å². The summed E-state index contributed by atoms with van der Waals surface area (Å²) in [6, 6.07) is 11.9. The van der Waals surface area contributed by atoms with E-state index in [9.17, 15) is 19.1 Å². The van der Waals surface area contributed by atoms with Crippen LogP contribution in [0.25, 0.3) is 5.69 Å². The van der Waals surface area contributed by atoms with Crippen molar-refractivity contribution in [2.75, 3.05) is 17.2 Å². The number of rotatable bonds is 4. The van der Waals surface area contributed by atoms with E-state index in [1.807, 2.05) is 26.0 Å². The molecular formula is C23H24FN5O3. The molecular weight excluding hydrogens is 413 g/mol. The van der Waals surface area contributed by atoms with E-state index in [1.165, 1.54) is 21.7 Å². The fourth-order valence-corrected chi connectivity index (χ4v) is 3.64. The number of carbonyl (C=O) groups excluding carboxylic acids is 2. The van der Waals surface area contributed by atoms with Gasteiger partial charge in [-0.25, -0.2) is 13.9 Å². The third kappa shape index (κ3) is 4.62. The van der Waals surface area contributed by atoms with Gasteiger partial charge in [-0.05, 0) is 44.2 Å². The third-order valence-corrected chi connectivity index (χ3v) is 5.34. The molecule has 9 heteroatoms. The Hall–Kier alpha value is -3.72. The van der Waals surface area contributed by atoms with E-state index in [0.717, 1.165) is 11.3 Å². The summed E-state index contributed by atoms with van der Waals surface area (Å²) in [5.74, 6) is -1.19. The van der Waals surface area contributed by atoms with Crippen molar-refractivity contribution in [3.63, 3.8) is 0 Å². The number of halogens is 1. The number of amides is 3. The van der Waals surface area contributed by atoms with Crippen molar-refractivity contribution >= 4 is 23.3 Å². The number of aliphatic hydroxyl groups excluding tert-OH is 1. The van der Waals surface area contributed by atoms with Crippen molar-refractivity contribution in [2.45, 2.75) is 32.4 Å². The van der Waals surface area contributed by atoms with Crippen molar-refractivity contribution in [3.05, 3.63) is 71.8 Å². The number of urea groups is 1. The molecule has 2 heterocycles. The van der Waals surface area contributed by atoms with Crippen molar-refractivity contribution in [3.8, 4) is 5.69 Å². The van der Waals surface area contributed by atoms with E-state index in [1.54, 1.807) is 30.5 Å². The fourth-order valence-electron chi connectivity index (χ4n) is 3.64. The number of nitrogens with one attached hydrogen (secondary N) is 2. The second-order valence-electron chi connectivity index (χ2n) is 7.91. The van der Waals surface area contributed by atoms with Crippen molar-refractivity contribution in [2.24, 2.45) is 0 Å². The van der Waals surface area contributed by atoms with Crippen LogP contribution in [0.3, 0.4) is 0 Å². The molecule has 0 radical (unpaired) electrons. The fraction of sp³-hybridized carbons (Fsp3) is 0.261. The van der Waals surface area contributed by atoms with Crippen molar-refractivity contribution in [1.29, 1.82) is 0 Å². The first kappa shape index (κ1) is 21.5. The lowest BCUT2D eigenvalue weighted by Crippen LogP contribution is -2.45. The molecule has 0 aliphatic carbocycles. The maximum absolute atomic E-state index is 14.6. The van der Waals surface area contributed by atoms with Gasteiger partial charge in [-0.3, -0.25) is 4.79 Å². The third-order valence-electron chi connectivity index (χ3n) is 5.34. The number of β-amino-alcohol motifs (C(OH)–C–C–N with tert-alkyl or cyclic N) is 1. The van der Waals surface area contributed by atoms with Crippen LogP contribution >= 0.6 is 0 Å². The summed E-state index contributed by atoms with van der Waals surface area (Å²) in [7, 11) is 0. The minimum atomic E-state index is -0.928. The van der Waals surface area contributed by atoms with Gasteiger partial charge in [0.2, 0.25) is 5.91 Å². The second kappa shape index (κ2) is 8.80. The lowest BCUT2D eigenvalue weighted by Gasteiger charge is -2.24. The molecule has 4 rings (SSSR count). The smallest absolute Gasteiger partial charge is 0.322 e. The molecule has 32 heavy (non-hydrogen) atoms. The van der Waals surface area contributed by atoms with Gasteiger partial charge in [0.25, 0.3) is 0 Å². The topological polar surface area (TPSA) is 99.5 Å². The van der Waals surface area contributed by atoms with Crippen molar-refractivity contribution in [1.82, 2.24) is 14.7 Å². The first-order chi connectivity index (χ1) is 15.3. The molecule has 0 bridgehead atoms. The van der Waals surface area contributed by atoms with Crippen LogP contribution in [0.15, 0.2) is 54.7 Å². The zero-order valence-corrected chi connectivity index (χ0v) is 17.7. The van der Waals surface area contributed by atoms with Gasteiger partial charge >= 0.3 is 6.03 Å². The quantitative estimate of drug-likeness (QED) is 0.584. The first-order valence-electron chi connectivity index (χ1n) is 10.3. The summed E-state index contributed by atoms with van der Waals surface area (Å²) in [6.07, 6.45) is 0.941. The summed E-state index contributed by atoms with van der Waals surface area (Å²) >= 11 is 0. The van der Waals surface area contributed by atoms with Gasteiger partial charge in [0.15, 0.2) is 0 Å². The highest BCUT2D eigenvalue weighted by Crippen LogP contribution is 2.23. The van der Waals surface area contributed by atoms with E-state index in [4.69, 9.17) is 0 Å². The zero-order chi connectivity index (χ0) is 22.8. The van der Waals surface area contributed by atoms with E-state index in [0.29, 0.717) is 11.4 Å². The van der Waals surface area contributed by atoms with E-state index < -0.39 is 29.9 Å². The maximum Gasteiger partial charge on any atom is 0.322 e. The van der Waals surface area contributed by atoms with E-state index in [2.05, 4.69) is 15.7 Å². The minimum Gasteiger partial charge on any atom is -0.391 e. The Morgan fingerprint density at radius 1 is 1.09 bits per heavy atom. The van der Waals surface area contributed by atoms with Crippen LogP contribution in [-0.4, -0.2) is 50.4 Å². The van der Waals surface area contributed by atoms with Crippen LogP contribution in [-0.2, 0) is 4.79 Å². The SMILES string of the molecule is Cc1ccc(NC(=O)N2C[C@H](O)C[C@@H]2C(=O)Nc2ccc(-n3ccc(C)n3)cc2F)cc1. The van der Waals surface area contributed by atoms with Crippen LogP contribution in [0.1, 0.15) is 17.7 Å². The van der Waals surface area contributed by atoms with Crippen LogP contribution in [0.4, 0.5) is 20.6 Å². The molecule has 166 valence electrons. The number of hydrogen-bond donors (Lipinski definition) is 3. The molecule has 2 atom stereocenters. The second-order valence-corrected chi connectivity index (χ2v) is 7.91. The molecule has 1 aliphatic rings. The van der Waals surface area contributed by atoms with Gasteiger partial charge in [0, 0.05) is 30.9 Å². The number of hydrogen-bond acceptors (Lipinski definition) is 4. The summed E-state index contributed by atoms with van der Waals surface area (Å²) in [6.45, 7) is 3.78. The zero-order valence-electron chi connectivity index (χ0n) is 17.7. The molecule has 0 saturated carbocycles. The number of likely N-dealkylation sites (tertiary alicyclic amines) is 1. The molecule has 1 aromatic heterocycles. The molecule has 0 spiro atoms. The van der Waals surface area contributed by atoms with Gasteiger partial charge in [-0.1, -0.05) is 17.7 Å². The molecule has 1 saturated heterocycles. The normalized spacial score (nSPS) is 17.9. The largest absolute Gasteiger partial charge is 0.391 e. The maximum atomic E-state index is 14.6. The van der Waals surface area contributed by atoms with Gasteiger partial charge in [0.1, 0.15) is 11.9 Å². The molecule has 0 unspecified atom stereocenters. The van der Waals surface area contributed by atoms with E-state index in [-0.39, 0.29) is 18.7 Å². The van der Waals surface area contributed by atoms with Gasteiger partial charge in [-0.2, -0.15) is 5.10 Å². The van der Waals surface area contributed by atoms with Crippen LogP contribution in [0.2, 0.25) is 0 Å². The Morgan fingerprint density at radius 2 is 1.84 bits per heavy atom. The molecule has 1 aliphatic heterocycles. The summed E-state index contributed by atoms with van der Waals surface area (Å²) in [5, 5.41) is 19.6. The Bertz CT molecular complexity index is 1140. The molecule has 1 fully saturated rings. The Balaban J connectivity index is 1.46. The monoisotopic (exact) mass is 437 g/mol. The predicted molar refractivity (Wildman–Crippen MR) is 118 cm³/mol. The van der Waals surface area contributed by atoms with Gasteiger partial charge in [0.05, 0.1) is 23.2 Å². The highest BCUT2D eigenvalue weighted by atomic mass is 19.1. The molecule has 2 aromatic carbocycles. The average Bonchev–Trinajstić information content (AvgIpc) is 3.37. The number of aryl methyl sites for hydroxylation is 2. The minimum absolute atomic E-state index is 0.00977. The number of carbonyl (C=O) groups is 2. The Labute approximate surface area is 184 Å². The predicted octanol–water partition coefficient (Wildman–Crippen LogP) is 3.23. The highest BCUT2D eigenvalue weighted by Gasteiger charge is 2.39. The average molecular weight is 437 g/mol. The summed E-state index contributed by atoms with van der Waals surface area (Å²) in [4.78, 5) is 26.8. The number of nitrogens with zero attached hydrogens (tertiary/aromatic N) is 3. The number of benzene rings is 2. The lowest BCUT2D eigenvalue weighted by molar-refractivity contribution is -0.119. The molecule has 3 N–H and O–H groups in total. The Morgan fingerprint density at radius 3 is 2.50 bits per heavy atom. The summed E-state index contributed by atoms with van der Waals surface area (Å²) < 4.78 is 16.2. The number of anilines is 2. The van der Waals surface area contributed by atoms with Crippen molar-refractivity contribution < 1.29 is 19.1 Å². The molecule has 3 aromatic rings. The van der Waals surface area contributed by atoms with Crippen LogP contribution in [0, 0.1) is 19.7 Å². The standard InChI is InChI=1S/C23H24FN5O3/c1-14-3-5-16(6-4-14)25-23(32)28-13-18(30)12-21(28)22(31)26-20-8-7-17(11-19(20)24)29-10-9-15(2)27-29/h3-11,18,21,30H,12-13H2,1-2H3,(H,25,32)(H,26,31)/t18-,21-/m1/s1.